The van der Waals surface area contributed by atoms with Gasteiger partial charge in [-0.25, -0.2) is 4.98 Å². The van der Waals surface area contributed by atoms with Gasteiger partial charge in [0.1, 0.15) is 0 Å². The van der Waals surface area contributed by atoms with Gasteiger partial charge in [-0.15, -0.1) is 11.3 Å². The van der Waals surface area contributed by atoms with E-state index in [-0.39, 0.29) is 0 Å². The van der Waals surface area contributed by atoms with Crippen LogP contribution in [0.3, 0.4) is 0 Å². The van der Waals surface area contributed by atoms with Crippen molar-refractivity contribution in [3.63, 3.8) is 0 Å². The van der Waals surface area contributed by atoms with E-state index in [0.717, 1.165) is 30.0 Å². The molecule has 2 nitrogen and oxygen atoms in total. The molecule has 0 saturated carbocycles. The molecule has 0 unspecified atom stereocenters. The van der Waals surface area contributed by atoms with Crippen LogP contribution in [0.2, 0.25) is 0 Å². The molecule has 0 aliphatic carbocycles. The minimum absolute atomic E-state index is 1.06. The minimum atomic E-state index is 1.06. The standard InChI is InChI=1S/C13H18N2S/c1-3-14-8-4-5-11-6-7-13-12(9-11)15-10(2)16-13/h6-7,9,14H,3-5,8H2,1-2H3. The Hall–Kier alpha value is -0.930. The Morgan fingerprint density at radius 1 is 1.38 bits per heavy atom. The zero-order valence-electron chi connectivity index (χ0n) is 9.92. The predicted molar refractivity (Wildman–Crippen MR) is 71.2 cm³/mol. The summed E-state index contributed by atoms with van der Waals surface area (Å²) in [6.07, 6.45) is 2.34. The summed E-state index contributed by atoms with van der Waals surface area (Å²) in [7, 11) is 0. The topological polar surface area (TPSA) is 24.9 Å². The van der Waals surface area contributed by atoms with E-state index in [1.165, 1.54) is 16.7 Å². The van der Waals surface area contributed by atoms with Gasteiger partial charge >= 0.3 is 0 Å². The van der Waals surface area contributed by atoms with E-state index in [2.05, 4.69) is 42.3 Å². The molecular formula is C13H18N2S. The molecular weight excluding hydrogens is 216 g/mol. The SMILES string of the molecule is CCNCCCc1ccc2sc(C)nc2c1. The number of aromatic nitrogens is 1. The van der Waals surface area contributed by atoms with Crippen molar-refractivity contribution >= 4 is 21.6 Å². The molecule has 86 valence electrons. The second-order valence-corrected chi connectivity index (χ2v) is 5.23. The number of hydrogen-bond donors (Lipinski definition) is 1. The Kier molecular flexibility index (Phi) is 3.91. The largest absolute Gasteiger partial charge is 0.317 e. The van der Waals surface area contributed by atoms with Gasteiger partial charge in [-0.3, -0.25) is 0 Å². The van der Waals surface area contributed by atoms with Crippen LogP contribution in [-0.2, 0) is 6.42 Å². The summed E-state index contributed by atoms with van der Waals surface area (Å²) in [5.41, 5.74) is 2.55. The van der Waals surface area contributed by atoms with Gasteiger partial charge in [-0.1, -0.05) is 13.0 Å². The number of rotatable bonds is 5. The lowest BCUT2D eigenvalue weighted by Gasteiger charge is -2.02. The zero-order valence-corrected chi connectivity index (χ0v) is 10.7. The highest BCUT2D eigenvalue weighted by Crippen LogP contribution is 2.22. The number of hydrogen-bond acceptors (Lipinski definition) is 3. The van der Waals surface area contributed by atoms with Crippen LogP contribution in [0.1, 0.15) is 23.9 Å². The minimum Gasteiger partial charge on any atom is -0.317 e. The first-order valence-corrected chi connectivity index (χ1v) is 6.68. The fourth-order valence-corrected chi connectivity index (χ4v) is 2.65. The quantitative estimate of drug-likeness (QED) is 0.804. The molecule has 3 heteroatoms. The van der Waals surface area contributed by atoms with E-state index in [1.807, 2.05) is 0 Å². The van der Waals surface area contributed by atoms with Crippen LogP contribution in [-0.4, -0.2) is 18.1 Å². The van der Waals surface area contributed by atoms with Gasteiger partial charge in [0.05, 0.1) is 15.2 Å². The molecule has 2 rings (SSSR count). The van der Waals surface area contributed by atoms with Crippen molar-refractivity contribution in [3.05, 3.63) is 28.8 Å². The van der Waals surface area contributed by atoms with Crippen LogP contribution in [0.25, 0.3) is 10.2 Å². The Morgan fingerprint density at radius 2 is 2.25 bits per heavy atom. The highest BCUT2D eigenvalue weighted by Gasteiger charge is 2.01. The van der Waals surface area contributed by atoms with Crippen LogP contribution < -0.4 is 5.32 Å². The molecule has 0 saturated heterocycles. The number of nitrogens with one attached hydrogen (secondary N) is 1. The van der Waals surface area contributed by atoms with Gasteiger partial charge in [0.25, 0.3) is 0 Å². The molecule has 16 heavy (non-hydrogen) atoms. The van der Waals surface area contributed by atoms with E-state index in [1.54, 1.807) is 11.3 Å². The Morgan fingerprint density at radius 3 is 3.06 bits per heavy atom. The summed E-state index contributed by atoms with van der Waals surface area (Å²) in [6, 6.07) is 6.65. The Balaban J connectivity index is 2.02. The average molecular weight is 234 g/mol. The van der Waals surface area contributed by atoms with Gasteiger partial charge in [-0.05, 0) is 50.6 Å². The van der Waals surface area contributed by atoms with Gasteiger partial charge in [0, 0.05) is 0 Å². The van der Waals surface area contributed by atoms with E-state index in [0.29, 0.717) is 0 Å². The van der Waals surface area contributed by atoms with Crippen molar-refractivity contribution in [2.45, 2.75) is 26.7 Å². The number of aryl methyl sites for hydroxylation is 2. The van der Waals surface area contributed by atoms with Crippen LogP contribution in [0.5, 0.6) is 0 Å². The smallest absolute Gasteiger partial charge is 0.0907 e. The first-order chi connectivity index (χ1) is 7.79. The van der Waals surface area contributed by atoms with Crippen molar-refractivity contribution in [2.24, 2.45) is 0 Å². The van der Waals surface area contributed by atoms with Crippen LogP contribution in [0, 0.1) is 6.92 Å². The van der Waals surface area contributed by atoms with Crippen LogP contribution in [0.15, 0.2) is 18.2 Å². The maximum atomic E-state index is 4.52. The molecule has 0 amide bonds. The lowest BCUT2D eigenvalue weighted by Crippen LogP contribution is -2.14. The third-order valence-corrected chi connectivity index (χ3v) is 3.58. The molecule has 0 aliphatic heterocycles. The summed E-state index contributed by atoms with van der Waals surface area (Å²) < 4.78 is 1.30. The van der Waals surface area contributed by atoms with Gasteiger partial charge in [-0.2, -0.15) is 0 Å². The molecule has 0 bridgehead atoms. The highest BCUT2D eigenvalue weighted by molar-refractivity contribution is 7.18. The second-order valence-electron chi connectivity index (χ2n) is 3.99. The lowest BCUT2D eigenvalue weighted by molar-refractivity contribution is 0.673. The Bertz CT molecular complexity index is 462. The number of benzene rings is 1. The fourth-order valence-electron chi connectivity index (χ4n) is 1.84. The van der Waals surface area contributed by atoms with E-state index >= 15 is 0 Å². The molecule has 0 spiro atoms. The summed E-state index contributed by atoms with van der Waals surface area (Å²) in [5.74, 6) is 0. The van der Waals surface area contributed by atoms with E-state index in [9.17, 15) is 0 Å². The highest BCUT2D eigenvalue weighted by atomic mass is 32.1. The average Bonchev–Trinajstić information content (AvgIpc) is 2.64. The summed E-state index contributed by atoms with van der Waals surface area (Å²) in [6.45, 7) is 6.37. The molecule has 2 aromatic rings. The normalized spacial score (nSPS) is 11.1. The summed E-state index contributed by atoms with van der Waals surface area (Å²) in [4.78, 5) is 4.52. The van der Waals surface area contributed by atoms with E-state index in [4.69, 9.17) is 0 Å². The first kappa shape index (κ1) is 11.6. The maximum absolute atomic E-state index is 4.52. The van der Waals surface area contributed by atoms with Gasteiger partial charge in [0.2, 0.25) is 0 Å². The molecule has 1 heterocycles. The Labute approximate surface area is 101 Å². The molecule has 0 atom stereocenters. The van der Waals surface area contributed by atoms with Gasteiger partial charge in [0.15, 0.2) is 0 Å². The van der Waals surface area contributed by atoms with Crippen molar-refractivity contribution in [1.29, 1.82) is 0 Å². The third-order valence-electron chi connectivity index (χ3n) is 2.63. The number of fused-ring (bicyclic) bond motifs is 1. The first-order valence-electron chi connectivity index (χ1n) is 5.86. The predicted octanol–water partition coefficient (Wildman–Crippen LogP) is 3.15. The number of thiazole rings is 1. The monoisotopic (exact) mass is 234 g/mol. The zero-order chi connectivity index (χ0) is 11.4. The van der Waals surface area contributed by atoms with Crippen molar-refractivity contribution in [2.75, 3.05) is 13.1 Å². The molecule has 1 N–H and O–H groups in total. The van der Waals surface area contributed by atoms with Crippen molar-refractivity contribution in [3.8, 4) is 0 Å². The van der Waals surface area contributed by atoms with E-state index < -0.39 is 0 Å². The van der Waals surface area contributed by atoms with Crippen LogP contribution in [0.4, 0.5) is 0 Å². The van der Waals surface area contributed by atoms with Crippen molar-refractivity contribution in [1.82, 2.24) is 10.3 Å². The maximum Gasteiger partial charge on any atom is 0.0907 e. The fraction of sp³-hybridized carbons (Fsp3) is 0.462. The van der Waals surface area contributed by atoms with Crippen molar-refractivity contribution < 1.29 is 0 Å². The van der Waals surface area contributed by atoms with Crippen LogP contribution >= 0.6 is 11.3 Å². The molecule has 1 aromatic heterocycles. The molecule has 0 aliphatic rings. The number of nitrogens with zero attached hydrogens (tertiary/aromatic N) is 1. The second kappa shape index (κ2) is 5.41. The molecule has 1 aromatic carbocycles. The lowest BCUT2D eigenvalue weighted by atomic mass is 10.1. The summed E-state index contributed by atoms with van der Waals surface area (Å²) >= 11 is 1.77. The summed E-state index contributed by atoms with van der Waals surface area (Å²) in [5, 5.41) is 4.50. The van der Waals surface area contributed by atoms with Gasteiger partial charge < -0.3 is 5.32 Å². The molecule has 0 radical (unpaired) electrons. The molecule has 0 fully saturated rings. The third kappa shape index (κ3) is 2.80.